The third-order valence-corrected chi connectivity index (χ3v) is 7.19. The molecule has 1 aliphatic carbocycles. The van der Waals surface area contributed by atoms with Gasteiger partial charge in [0.05, 0.1) is 5.75 Å². The number of nitrogens with one attached hydrogen (secondary N) is 2. The van der Waals surface area contributed by atoms with E-state index in [9.17, 15) is 8.42 Å². The summed E-state index contributed by atoms with van der Waals surface area (Å²) < 4.78 is 31.3. The molecule has 1 rings (SSSR count). The van der Waals surface area contributed by atoms with Crippen molar-refractivity contribution < 1.29 is 13.2 Å². The van der Waals surface area contributed by atoms with Crippen LogP contribution in [0.5, 0.6) is 0 Å². The van der Waals surface area contributed by atoms with Gasteiger partial charge in [0.1, 0.15) is 0 Å². The van der Waals surface area contributed by atoms with Gasteiger partial charge in [0.15, 0.2) is 5.96 Å². The summed E-state index contributed by atoms with van der Waals surface area (Å²) in [7, 11) is -1.47. The predicted molar refractivity (Wildman–Crippen MR) is 108 cm³/mol. The Kier molecular flexibility index (Phi) is 10.5. The quantitative estimate of drug-likeness (QED) is 0.392. The molecule has 0 radical (unpaired) electrons. The molecule has 7 nitrogen and oxygen atoms in total. The maximum absolute atomic E-state index is 12.3. The first kappa shape index (κ1) is 23.2. The van der Waals surface area contributed by atoms with Gasteiger partial charge < -0.3 is 15.4 Å². The largest absolute Gasteiger partial charge is 0.385 e. The van der Waals surface area contributed by atoms with Gasteiger partial charge in [0.2, 0.25) is 10.0 Å². The standard InChI is InChI=1S/C18H38N4O3S/c1-5-19-17(20-13-15-26(23,24)22(6-2)7-3)21-16-18(12-14-25-4)10-8-9-11-18/h5-16H2,1-4H3,(H2,19,20,21). The second-order valence-corrected chi connectivity index (χ2v) is 9.06. The first-order valence-electron chi connectivity index (χ1n) is 9.92. The molecule has 0 spiro atoms. The van der Waals surface area contributed by atoms with Crippen LogP contribution in [-0.4, -0.2) is 70.9 Å². The van der Waals surface area contributed by atoms with Crippen molar-refractivity contribution >= 4 is 16.0 Å². The number of ether oxygens (including phenoxy) is 1. The zero-order valence-electron chi connectivity index (χ0n) is 17.0. The molecule has 26 heavy (non-hydrogen) atoms. The van der Waals surface area contributed by atoms with Crippen LogP contribution in [0.25, 0.3) is 0 Å². The molecule has 2 N–H and O–H groups in total. The lowest BCUT2D eigenvalue weighted by Crippen LogP contribution is -2.42. The molecule has 8 heteroatoms. The van der Waals surface area contributed by atoms with Crippen molar-refractivity contribution in [2.75, 3.05) is 52.2 Å². The lowest BCUT2D eigenvalue weighted by atomic mass is 9.83. The normalized spacial score (nSPS) is 17.7. The summed E-state index contributed by atoms with van der Waals surface area (Å²) in [6.45, 7) is 9.39. The van der Waals surface area contributed by atoms with Gasteiger partial charge in [-0.3, -0.25) is 4.99 Å². The summed E-state index contributed by atoms with van der Waals surface area (Å²) in [6, 6.07) is 0. The first-order valence-corrected chi connectivity index (χ1v) is 11.5. The molecule has 0 heterocycles. The Morgan fingerprint density at radius 3 is 2.35 bits per heavy atom. The Morgan fingerprint density at radius 2 is 1.81 bits per heavy atom. The van der Waals surface area contributed by atoms with E-state index >= 15 is 0 Å². The molecule has 0 aromatic carbocycles. The molecule has 0 aromatic heterocycles. The summed E-state index contributed by atoms with van der Waals surface area (Å²) in [4.78, 5) is 4.76. The minimum absolute atomic E-state index is 0.0773. The molecule has 1 saturated carbocycles. The van der Waals surface area contributed by atoms with Gasteiger partial charge in [0.25, 0.3) is 0 Å². The van der Waals surface area contributed by atoms with Crippen molar-refractivity contribution in [1.29, 1.82) is 0 Å². The van der Waals surface area contributed by atoms with Crippen LogP contribution in [0, 0.1) is 5.41 Å². The number of nitrogens with zero attached hydrogens (tertiary/aromatic N) is 2. The molecule has 0 aliphatic heterocycles. The van der Waals surface area contributed by atoms with E-state index in [2.05, 4.69) is 10.6 Å². The molecule has 154 valence electrons. The highest BCUT2D eigenvalue weighted by Gasteiger charge is 2.33. The summed E-state index contributed by atoms with van der Waals surface area (Å²) in [5, 5.41) is 6.40. The number of hydrogen-bond acceptors (Lipinski definition) is 4. The van der Waals surface area contributed by atoms with Gasteiger partial charge in [-0.05, 0) is 31.6 Å². The van der Waals surface area contributed by atoms with E-state index in [1.165, 1.54) is 30.0 Å². The lowest BCUT2D eigenvalue weighted by Gasteiger charge is -2.27. The number of hydrogen-bond donors (Lipinski definition) is 2. The smallest absolute Gasteiger partial charge is 0.215 e. The van der Waals surface area contributed by atoms with Crippen LogP contribution in [0.1, 0.15) is 52.9 Å². The van der Waals surface area contributed by atoms with E-state index in [0.29, 0.717) is 25.6 Å². The van der Waals surface area contributed by atoms with E-state index < -0.39 is 10.0 Å². The molecule has 0 aromatic rings. The maximum atomic E-state index is 12.3. The van der Waals surface area contributed by atoms with E-state index in [1.54, 1.807) is 7.11 Å². The molecule has 0 bridgehead atoms. The van der Waals surface area contributed by atoms with Crippen LogP contribution >= 0.6 is 0 Å². The van der Waals surface area contributed by atoms with Gasteiger partial charge >= 0.3 is 0 Å². The van der Waals surface area contributed by atoms with Gasteiger partial charge in [0, 0.05) is 46.4 Å². The third-order valence-electron chi connectivity index (χ3n) is 5.17. The molecule has 1 fully saturated rings. The van der Waals surface area contributed by atoms with Crippen LogP contribution in [0.2, 0.25) is 0 Å². The number of methoxy groups -OCH3 is 1. The molecular formula is C18H38N4O3S. The van der Waals surface area contributed by atoms with Crippen LogP contribution < -0.4 is 10.6 Å². The minimum Gasteiger partial charge on any atom is -0.385 e. The maximum Gasteiger partial charge on any atom is 0.215 e. The van der Waals surface area contributed by atoms with Crippen molar-refractivity contribution in [2.45, 2.75) is 52.9 Å². The van der Waals surface area contributed by atoms with Crippen molar-refractivity contribution in [3.63, 3.8) is 0 Å². The van der Waals surface area contributed by atoms with E-state index in [-0.39, 0.29) is 11.2 Å². The van der Waals surface area contributed by atoms with Gasteiger partial charge in [-0.25, -0.2) is 12.7 Å². The van der Waals surface area contributed by atoms with E-state index in [4.69, 9.17) is 9.73 Å². The lowest BCUT2D eigenvalue weighted by molar-refractivity contribution is 0.141. The van der Waals surface area contributed by atoms with E-state index in [0.717, 1.165) is 26.1 Å². The second-order valence-electron chi connectivity index (χ2n) is 6.97. The minimum atomic E-state index is -3.22. The number of rotatable bonds is 12. The Hall–Kier alpha value is -0.860. The molecule has 0 unspecified atom stereocenters. The predicted octanol–water partition coefficient (Wildman–Crippen LogP) is 1.81. The number of guanidine groups is 1. The van der Waals surface area contributed by atoms with Crippen molar-refractivity contribution in [1.82, 2.24) is 14.9 Å². The molecule has 0 atom stereocenters. The fourth-order valence-electron chi connectivity index (χ4n) is 3.56. The van der Waals surface area contributed by atoms with Crippen LogP contribution in [0.15, 0.2) is 4.99 Å². The number of sulfonamides is 1. The van der Waals surface area contributed by atoms with Gasteiger partial charge in [-0.1, -0.05) is 26.7 Å². The van der Waals surface area contributed by atoms with Crippen LogP contribution in [0.4, 0.5) is 0 Å². The summed E-state index contributed by atoms with van der Waals surface area (Å²) in [6.07, 6.45) is 5.92. The Balaban J connectivity index is 2.63. The van der Waals surface area contributed by atoms with Crippen molar-refractivity contribution in [2.24, 2.45) is 10.4 Å². The zero-order chi connectivity index (χ0) is 19.5. The summed E-state index contributed by atoms with van der Waals surface area (Å²) >= 11 is 0. The SMILES string of the molecule is CCNC(=NCC1(CCOC)CCCC1)NCCS(=O)(=O)N(CC)CC. The van der Waals surface area contributed by atoms with Crippen molar-refractivity contribution in [3.8, 4) is 0 Å². The number of aliphatic imine (C=N–C) groups is 1. The Labute approximate surface area is 160 Å². The van der Waals surface area contributed by atoms with E-state index in [1.807, 2.05) is 20.8 Å². The van der Waals surface area contributed by atoms with Crippen LogP contribution in [-0.2, 0) is 14.8 Å². The Morgan fingerprint density at radius 1 is 1.15 bits per heavy atom. The highest BCUT2D eigenvalue weighted by molar-refractivity contribution is 7.89. The molecule has 0 saturated heterocycles. The fraction of sp³-hybridized carbons (Fsp3) is 0.944. The highest BCUT2D eigenvalue weighted by atomic mass is 32.2. The molecular weight excluding hydrogens is 352 g/mol. The van der Waals surface area contributed by atoms with Crippen LogP contribution in [0.3, 0.4) is 0 Å². The second kappa shape index (κ2) is 11.8. The van der Waals surface area contributed by atoms with Crippen molar-refractivity contribution in [3.05, 3.63) is 0 Å². The average molecular weight is 391 g/mol. The fourth-order valence-corrected chi connectivity index (χ4v) is 4.97. The molecule has 0 amide bonds. The average Bonchev–Trinajstić information content (AvgIpc) is 3.08. The monoisotopic (exact) mass is 390 g/mol. The van der Waals surface area contributed by atoms with Gasteiger partial charge in [-0.15, -0.1) is 0 Å². The highest BCUT2D eigenvalue weighted by Crippen LogP contribution is 2.41. The summed E-state index contributed by atoms with van der Waals surface area (Å²) in [5.74, 6) is 0.777. The zero-order valence-corrected chi connectivity index (χ0v) is 17.8. The Bertz CT molecular complexity index is 513. The third kappa shape index (κ3) is 7.40. The molecule has 1 aliphatic rings. The van der Waals surface area contributed by atoms with Gasteiger partial charge in [-0.2, -0.15) is 0 Å². The first-order chi connectivity index (χ1) is 12.4. The topological polar surface area (TPSA) is 83.0 Å². The summed E-state index contributed by atoms with van der Waals surface area (Å²) in [5.41, 5.74) is 0.228.